The highest BCUT2D eigenvalue weighted by molar-refractivity contribution is 5.91. The van der Waals surface area contributed by atoms with Gasteiger partial charge in [0.05, 0.1) is 17.1 Å². The van der Waals surface area contributed by atoms with Gasteiger partial charge in [0, 0.05) is 13.0 Å². The molecule has 106 valence electrons. The van der Waals surface area contributed by atoms with Crippen molar-refractivity contribution in [3.63, 3.8) is 0 Å². The quantitative estimate of drug-likeness (QED) is 0.853. The van der Waals surface area contributed by atoms with E-state index in [1.165, 1.54) is 6.42 Å². The van der Waals surface area contributed by atoms with Crippen LogP contribution < -0.4 is 10.6 Å². The first-order chi connectivity index (χ1) is 9.11. The Morgan fingerprint density at radius 3 is 2.89 bits per heavy atom. The summed E-state index contributed by atoms with van der Waals surface area (Å²) >= 11 is 0. The van der Waals surface area contributed by atoms with E-state index in [2.05, 4.69) is 22.7 Å². The minimum absolute atomic E-state index is 0.105. The van der Waals surface area contributed by atoms with Crippen molar-refractivity contribution in [2.24, 2.45) is 5.92 Å². The lowest BCUT2D eigenvalue weighted by molar-refractivity contribution is -0.116. The van der Waals surface area contributed by atoms with Gasteiger partial charge in [-0.2, -0.15) is 5.10 Å². The molecule has 0 spiro atoms. The van der Waals surface area contributed by atoms with Gasteiger partial charge in [-0.25, -0.2) is 0 Å². The van der Waals surface area contributed by atoms with E-state index in [1.54, 1.807) is 0 Å². The van der Waals surface area contributed by atoms with Crippen LogP contribution in [0.4, 0.5) is 5.69 Å². The fourth-order valence-corrected chi connectivity index (χ4v) is 2.68. The third-order valence-corrected chi connectivity index (χ3v) is 3.89. The molecule has 0 aliphatic carbocycles. The van der Waals surface area contributed by atoms with E-state index in [1.807, 2.05) is 18.5 Å². The van der Waals surface area contributed by atoms with Crippen molar-refractivity contribution < 1.29 is 4.79 Å². The number of amides is 1. The Hall–Kier alpha value is -1.36. The van der Waals surface area contributed by atoms with Crippen LogP contribution in [0.2, 0.25) is 0 Å². The Morgan fingerprint density at radius 1 is 1.53 bits per heavy atom. The lowest BCUT2D eigenvalue weighted by Gasteiger charge is -2.09. The summed E-state index contributed by atoms with van der Waals surface area (Å²) in [6.45, 7) is 8.97. The molecule has 0 bridgehead atoms. The molecule has 19 heavy (non-hydrogen) atoms. The van der Waals surface area contributed by atoms with Gasteiger partial charge in [-0.1, -0.05) is 0 Å². The molecule has 1 amide bonds. The molecule has 2 rings (SSSR count). The SMILES string of the molecule is CCn1nc(C)c(NC(=O)CCC2CCNC2)c1C. The first-order valence-electron chi connectivity index (χ1n) is 7.16. The van der Waals surface area contributed by atoms with Gasteiger partial charge in [0.25, 0.3) is 0 Å². The summed E-state index contributed by atoms with van der Waals surface area (Å²) in [5.74, 6) is 0.764. The van der Waals surface area contributed by atoms with Crippen LogP contribution in [0.25, 0.3) is 0 Å². The zero-order chi connectivity index (χ0) is 13.8. The number of hydrogen-bond acceptors (Lipinski definition) is 3. The maximum Gasteiger partial charge on any atom is 0.224 e. The van der Waals surface area contributed by atoms with Crippen LogP contribution in [0.1, 0.15) is 37.6 Å². The molecule has 1 unspecified atom stereocenters. The van der Waals surface area contributed by atoms with E-state index < -0.39 is 0 Å². The second kappa shape index (κ2) is 6.19. The molecule has 2 N–H and O–H groups in total. The van der Waals surface area contributed by atoms with Crippen LogP contribution >= 0.6 is 0 Å². The number of hydrogen-bond donors (Lipinski definition) is 2. The van der Waals surface area contributed by atoms with E-state index in [4.69, 9.17) is 0 Å². The highest BCUT2D eigenvalue weighted by Gasteiger charge is 2.17. The summed E-state index contributed by atoms with van der Waals surface area (Å²) in [5.41, 5.74) is 2.82. The highest BCUT2D eigenvalue weighted by Crippen LogP contribution is 2.20. The Morgan fingerprint density at radius 2 is 2.32 bits per heavy atom. The molecule has 1 aliphatic rings. The molecule has 2 heterocycles. The Labute approximate surface area is 114 Å². The van der Waals surface area contributed by atoms with Crippen LogP contribution in [0.3, 0.4) is 0 Å². The van der Waals surface area contributed by atoms with Gasteiger partial charge in [-0.15, -0.1) is 0 Å². The van der Waals surface area contributed by atoms with Crippen molar-refractivity contribution in [3.05, 3.63) is 11.4 Å². The van der Waals surface area contributed by atoms with Crippen molar-refractivity contribution in [2.75, 3.05) is 18.4 Å². The molecule has 1 aromatic heterocycles. The number of aromatic nitrogens is 2. The van der Waals surface area contributed by atoms with Crippen LogP contribution in [0, 0.1) is 19.8 Å². The maximum atomic E-state index is 12.0. The molecule has 0 aromatic carbocycles. The average Bonchev–Trinajstić information content (AvgIpc) is 2.99. The molecule has 1 aliphatic heterocycles. The molecule has 1 saturated heterocycles. The number of nitrogens with one attached hydrogen (secondary N) is 2. The Balaban J connectivity index is 1.89. The summed E-state index contributed by atoms with van der Waals surface area (Å²) in [5, 5.41) is 10.8. The molecular formula is C14H24N4O. The number of carbonyl (C=O) groups excluding carboxylic acids is 1. The van der Waals surface area contributed by atoms with Crippen molar-refractivity contribution in [2.45, 2.75) is 46.6 Å². The number of anilines is 1. The van der Waals surface area contributed by atoms with E-state index in [0.29, 0.717) is 12.3 Å². The number of rotatable bonds is 5. The topological polar surface area (TPSA) is 59.0 Å². The van der Waals surface area contributed by atoms with Crippen LogP contribution in [-0.2, 0) is 11.3 Å². The first-order valence-corrected chi connectivity index (χ1v) is 7.16. The lowest BCUT2D eigenvalue weighted by atomic mass is 10.0. The average molecular weight is 264 g/mol. The molecule has 1 fully saturated rings. The summed E-state index contributed by atoms with van der Waals surface area (Å²) in [4.78, 5) is 12.0. The van der Waals surface area contributed by atoms with Crippen molar-refractivity contribution >= 4 is 11.6 Å². The number of nitrogens with zero attached hydrogens (tertiary/aromatic N) is 2. The fraction of sp³-hybridized carbons (Fsp3) is 0.714. The first kappa shape index (κ1) is 14.1. The molecule has 5 nitrogen and oxygen atoms in total. The van der Waals surface area contributed by atoms with Crippen LogP contribution in [-0.4, -0.2) is 28.8 Å². The van der Waals surface area contributed by atoms with Gasteiger partial charge < -0.3 is 10.6 Å². The number of aryl methyl sites for hydroxylation is 2. The smallest absolute Gasteiger partial charge is 0.224 e. The largest absolute Gasteiger partial charge is 0.323 e. The Bertz CT molecular complexity index is 447. The zero-order valence-electron chi connectivity index (χ0n) is 12.1. The number of carbonyl (C=O) groups is 1. The van der Waals surface area contributed by atoms with Crippen molar-refractivity contribution in [3.8, 4) is 0 Å². The lowest BCUT2D eigenvalue weighted by Crippen LogP contribution is -2.15. The van der Waals surface area contributed by atoms with Gasteiger partial charge in [-0.3, -0.25) is 9.48 Å². The van der Waals surface area contributed by atoms with Gasteiger partial charge >= 0.3 is 0 Å². The molecule has 0 radical (unpaired) electrons. The van der Waals surface area contributed by atoms with Crippen LogP contribution in [0.5, 0.6) is 0 Å². The van der Waals surface area contributed by atoms with Crippen molar-refractivity contribution in [1.82, 2.24) is 15.1 Å². The van der Waals surface area contributed by atoms with Crippen molar-refractivity contribution in [1.29, 1.82) is 0 Å². The monoisotopic (exact) mass is 264 g/mol. The molecular weight excluding hydrogens is 240 g/mol. The van der Waals surface area contributed by atoms with Gasteiger partial charge in [0.2, 0.25) is 5.91 Å². The summed E-state index contributed by atoms with van der Waals surface area (Å²) in [6.07, 6.45) is 2.76. The second-order valence-corrected chi connectivity index (χ2v) is 5.31. The van der Waals surface area contributed by atoms with E-state index in [-0.39, 0.29) is 5.91 Å². The van der Waals surface area contributed by atoms with E-state index in [0.717, 1.165) is 43.1 Å². The van der Waals surface area contributed by atoms with Gasteiger partial charge in [0.15, 0.2) is 0 Å². The third kappa shape index (κ3) is 3.35. The standard InChI is InChI=1S/C14H24N4O/c1-4-18-11(3)14(10(2)17-18)16-13(19)6-5-12-7-8-15-9-12/h12,15H,4-9H2,1-3H3,(H,16,19). The van der Waals surface area contributed by atoms with Gasteiger partial charge in [0.1, 0.15) is 0 Å². The molecule has 1 atom stereocenters. The van der Waals surface area contributed by atoms with E-state index >= 15 is 0 Å². The predicted molar refractivity (Wildman–Crippen MR) is 76.2 cm³/mol. The third-order valence-electron chi connectivity index (χ3n) is 3.89. The minimum Gasteiger partial charge on any atom is -0.323 e. The summed E-state index contributed by atoms with van der Waals surface area (Å²) in [6, 6.07) is 0. The minimum atomic E-state index is 0.105. The second-order valence-electron chi connectivity index (χ2n) is 5.31. The van der Waals surface area contributed by atoms with Gasteiger partial charge in [-0.05, 0) is 52.6 Å². The predicted octanol–water partition coefficient (Wildman–Crippen LogP) is 1.85. The molecule has 1 aromatic rings. The summed E-state index contributed by atoms with van der Waals surface area (Å²) in [7, 11) is 0. The maximum absolute atomic E-state index is 12.0. The normalized spacial score (nSPS) is 18.8. The summed E-state index contributed by atoms with van der Waals surface area (Å²) < 4.78 is 1.92. The fourth-order valence-electron chi connectivity index (χ4n) is 2.68. The Kier molecular flexibility index (Phi) is 4.58. The highest BCUT2D eigenvalue weighted by atomic mass is 16.1. The molecule has 0 saturated carbocycles. The zero-order valence-corrected chi connectivity index (χ0v) is 12.1. The molecule has 5 heteroatoms. The van der Waals surface area contributed by atoms with Crippen LogP contribution in [0.15, 0.2) is 0 Å². The van der Waals surface area contributed by atoms with E-state index in [9.17, 15) is 4.79 Å².